The molecule has 4 N–H and O–H groups in total. The van der Waals surface area contributed by atoms with Crippen LogP contribution in [0.3, 0.4) is 0 Å². The van der Waals surface area contributed by atoms with Gasteiger partial charge in [-0.25, -0.2) is 0 Å². The van der Waals surface area contributed by atoms with Gasteiger partial charge in [-0.2, -0.15) is 5.26 Å². The molecular formula is C8H9N3. The minimum atomic E-state index is -0.546. The molecule has 0 aliphatic heterocycles. The number of rotatable bonds is 1. The first kappa shape index (κ1) is 7.58. The van der Waals surface area contributed by atoms with Gasteiger partial charge in [0.05, 0.1) is 6.07 Å². The maximum absolute atomic E-state index is 8.45. The second-order valence-corrected chi connectivity index (χ2v) is 2.27. The molecule has 1 atom stereocenters. The summed E-state index contributed by atoms with van der Waals surface area (Å²) < 4.78 is 0. The van der Waals surface area contributed by atoms with E-state index >= 15 is 0 Å². The Morgan fingerprint density at radius 2 is 1.82 bits per heavy atom. The van der Waals surface area contributed by atoms with Crippen molar-refractivity contribution in [3.63, 3.8) is 0 Å². The van der Waals surface area contributed by atoms with Gasteiger partial charge in [-0.05, 0) is 17.7 Å². The van der Waals surface area contributed by atoms with Crippen molar-refractivity contribution in [1.29, 1.82) is 5.26 Å². The molecule has 0 amide bonds. The second-order valence-electron chi connectivity index (χ2n) is 2.27. The van der Waals surface area contributed by atoms with Gasteiger partial charge in [0.15, 0.2) is 0 Å². The van der Waals surface area contributed by atoms with E-state index in [-0.39, 0.29) is 0 Å². The Balaban J connectivity index is 2.92. The van der Waals surface area contributed by atoms with Crippen molar-refractivity contribution in [1.82, 2.24) is 0 Å². The molecule has 0 saturated carbocycles. The Morgan fingerprint density at radius 1 is 1.27 bits per heavy atom. The lowest BCUT2D eigenvalue weighted by Gasteiger charge is -2.01. The summed E-state index contributed by atoms with van der Waals surface area (Å²) in [4.78, 5) is 0. The molecule has 0 aromatic heterocycles. The van der Waals surface area contributed by atoms with Gasteiger partial charge in [-0.3, -0.25) is 0 Å². The zero-order valence-corrected chi connectivity index (χ0v) is 5.99. The number of nitriles is 1. The molecule has 0 bridgehead atoms. The molecule has 0 aliphatic rings. The summed E-state index contributed by atoms with van der Waals surface area (Å²) in [7, 11) is 0. The van der Waals surface area contributed by atoms with Crippen LogP contribution in [0.25, 0.3) is 0 Å². The molecule has 1 aromatic rings. The summed E-state index contributed by atoms with van der Waals surface area (Å²) in [5.74, 6) is 0. The van der Waals surface area contributed by atoms with Crippen molar-refractivity contribution < 1.29 is 0 Å². The van der Waals surface area contributed by atoms with Crippen LogP contribution in [0, 0.1) is 11.3 Å². The second kappa shape index (κ2) is 3.04. The van der Waals surface area contributed by atoms with E-state index in [1.807, 2.05) is 6.07 Å². The number of nitrogens with two attached hydrogens (primary N) is 2. The number of hydrogen-bond donors (Lipinski definition) is 2. The maximum atomic E-state index is 8.45. The van der Waals surface area contributed by atoms with E-state index < -0.39 is 6.04 Å². The zero-order valence-electron chi connectivity index (χ0n) is 5.99. The molecule has 3 nitrogen and oxygen atoms in total. The fourth-order valence-corrected chi connectivity index (χ4v) is 0.778. The molecular weight excluding hydrogens is 138 g/mol. The van der Waals surface area contributed by atoms with Crippen LogP contribution in [0.2, 0.25) is 0 Å². The van der Waals surface area contributed by atoms with Crippen LogP contribution in [0.1, 0.15) is 11.6 Å². The van der Waals surface area contributed by atoms with E-state index in [4.69, 9.17) is 16.7 Å². The molecule has 0 saturated heterocycles. The number of benzene rings is 1. The van der Waals surface area contributed by atoms with E-state index in [0.717, 1.165) is 5.56 Å². The first-order valence-corrected chi connectivity index (χ1v) is 3.24. The van der Waals surface area contributed by atoms with Gasteiger partial charge in [-0.1, -0.05) is 12.1 Å². The van der Waals surface area contributed by atoms with Crippen LogP contribution in [0.5, 0.6) is 0 Å². The third kappa shape index (κ3) is 1.69. The van der Waals surface area contributed by atoms with Gasteiger partial charge in [0.1, 0.15) is 6.04 Å². The number of nitrogen functional groups attached to an aromatic ring is 1. The topological polar surface area (TPSA) is 75.8 Å². The predicted molar refractivity (Wildman–Crippen MR) is 43.4 cm³/mol. The summed E-state index contributed by atoms with van der Waals surface area (Å²) in [6, 6.07) is 8.36. The Labute approximate surface area is 65.2 Å². The Hall–Kier alpha value is -1.53. The van der Waals surface area contributed by atoms with Crippen LogP contribution in [-0.2, 0) is 0 Å². The SMILES string of the molecule is N#C[C@H](N)c1ccc(N)cc1. The van der Waals surface area contributed by atoms with Crippen LogP contribution < -0.4 is 11.5 Å². The van der Waals surface area contributed by atoms with Gasteiger partial charge >= 0.3 is 0 Å². The molecule has 0 radical (unpaired) electrons. The van der Waals surface area contributed by atoms with Crippen molar-refractivity contribution in [3.05, 3.63) is 29.8 Å². The third-order valence-electron chi connectivity index (χ3n) is 1.43. The molecule has 1 rings (SSSR count). The minimum absolute atomic E-state index is 0.546. The summed E-state index contributed by atoms with van der Waals surface area (Å²) in [6.45, 7) is 0. The maximum Gasteiger partial charge on any atom is 0.118 e. The van der Waals surface area contributed by atoms with Crippen molar-refractivity contribution in [3.8, 4) is 6.07 Å². The third-order valence-corrected chi connectivity index (χ3v) is 1.43. The molecule has 0 unspecified atom stereocenters. The standard InChI is InChI=1S/C8H9N3/c9-5-8(11)6-1-3-7(10)4-2-6/h1-4,8H,10-11H2/t8-/m0/s1. The van der Waals surface area contributed by atoms with Crippen molar-refractivity contribution in [2.45, 2.75) is 6.04 Å². The van der Waals surface area contributed by atoms with Crippen LogP contribution in [0.15, 0.2) is 24.3 Å². The van der Waals surface area contributed by atoms with E-state index in [0.29, 0.717) is 5.69 Å². The Kier molecular flexibility index (Phi) is 2.09. The van der Waals surface area contributed by atoms with Crippen LogP contribution >= 0.6 is 0 Å². The van der Waals surface area contributed by atoms with Crippen molar-refractivity contribution in [2.75, 3.05) is 5.73 Å². The lowest BCUT2D eigenvalue weighted by atomic mass is 10.1. The molecule has 1 aromatic carbocycles. The highest BCUT2D eigenvalue weighted by molar-refractivity contribution is 5.40. The van der Waals surface area contributed by atoms with Gasteiger partial charge in [0.25, 0.3) is 0 Å². The summed E-state index contributed by atoms with van der Waals surface area (Å²) in [5.41, 5.74) is 12.4. The van der Waals surface area contributed by atoms with Gasteiger partial charge in [0.2, 0.25) is 0 Å². The predicted octanol–water partition coefficient (Wildman–Crippen LogP) is 0.792. The van der Waals surface area contributed by atoms with Crippen molar-refractivity contribution in [2.24, 2.45) is 5.73 Å². The average molecular weight is 147 g/mol. The summed E-state index contributed by atoms with van der Waals surface area (Å²) >= 11 is 0. The van der Waals surface area contributed by atoms with Gasteiger partial charge in [0, 0.05) is 5.69 Å². The lowest BCUT2D eigenvalue weighted by molar-refractivity contribution is 0.927. The highest BCUT2D eigenvalue weighted by Crippen LogP contribution is 2.11. The molecule has 0 aliphatic carbocycles. The Morgan fingerprint density at radius 3 is 2.27 bits per heavy atom. The highest BCUT2D eigenvalue weighted by Gasteiger charge is 2.01. The normalized spacial score (nSPS) is 12.0. The smallest absolute Gasteiger partial charge is 0.118 e. The number of hydrogen-bond acceptors (Lipinski definition) is 3. The minimum Gasteiger partial charge on any atom is -0.399 e. The van der Waals surface area contributed by atoms with Crippen LogP contribution in [0.4, 0.5) is 5.69 Å². The first-order valence-electron chi connectivity index (χ1n) is 3.24. The fraction of sp³-hybridized carbons (Fsp3) is 0.125. The van der Waals surface area contributed by atoms with Gasteiger partial charge < -0.3 is 11.5 Å². The fourth-order valence-electron chi connectivity index (χ4n) is 0.778. The molecule has 11 heavy (non-hydrogen) atoms. The molecule has 0 spiro atoms. The summed E-state index contributed by atoms with van der Waals surface area (Å²) in [6.07, 6.45) is 0. The van der Waals surface area contributed by atoms with E-state index in [9.17, 15) is 0 Å². The van der Waals surface area contributed by atoms with Gasteiger partial charge in [-0.15, -0.1) is 0 Å². The molecule has 3 heteroatoms. The molecule has 0 fully saturated rings. The van der Waals surface area contributed by atoms with E-state index in [1.54, 1.807) is 24.3 Å². The summed E-state index contributed by atoms with van der Waals surface area (Å²) in [5, 5.41) is 8.45. The molecule has 56 valence electrons. The number of nitrogens with zero attached hydrogens (tertiary/aromatic N) is 1. The number of anilines is 1. The van der Waals surface area contributed by atoms with E-state index in [2.05, 4.69) is 0 Å². The first-order chi connectivity index (χ1) is 5.24. The highest BCUT2D eigenvalue weighted by atomic mass is 14.6. The Bertz CT molecular complexity index is 270. The molecule has 0 heterocycles. The largest absolute Gasteiger partial charge is 0.399 e. The zero-order chi connectivity index (χ0) is 8.27. The quantitative estimate of drug-likeness (QED) is 0.576. The van der Waals surface area contributed by atoms with Crippen molar-refractivity contribution >= 4 is 5.69 Å². The monoisotopic (exact) mass is 147 g/mol. The van der Waals surface area contributed by atoms with Crippen LogP contribution in [-0.4, -0.2) is 0 Å². The lowest BCUT2D eigenvalue weighted by Crippen LogP contribution is -2.06. The average Bonchev–Trinajstić information content (AvgIpc) is 2.05. The van der Waals surface area contributed by atoms with E-state index in [1.165, 1.54) is 0 Å².